The first-order valence-corrected chi connectivity index (χ1v) is 6.17. The predicted molar refractivity (Wildman–Crippen MR) is 68.5 cm³/mol. The van der Waals surface area contributed by atoms with E-state index in [0.717, 1.165) is 24.6 Å². The summed E-state index contributed by atoms with van der Waals surface area (Å²) >= 11 is 0. The number of aryl methyl sites for hydroxylation is 1. The fourth-order valence-electron chi connectivity index (χ4n) is 2.22. The minimum absolute atomic E-state index is 0.616. The maximum atomic E-state index is 6.01. The number of hydrogen-bond donors (Lipinski definition) is 1. The zero-order chi connectivity index (χ0) is 12.3. The van der Waals surface area contributed by atoms with Gasteiger partial charge in [0, 0.05) is 31.9 Å². The molecule has 17 heavy (non-hydrogen) atoms. The summed E-state index contributed by atoms with van der Waals surface area (Å²) in [5.41, 5.74) is 7.11. The largest absolute Gasteiger partial charge is 0.370 e. The SMILES string of the molecule is CC1CCCN(C(N)=NCc2cnn(C)c2)C1. The Morgan fingerprint density at radius 3 is 3.12 bits per heavy atom. The van der Waals surface area contributed by atoms with Crippen molar-refractivity contribution in [1.29, 1.82) is 0 Å². The molecule has 1 aromatic heterocycles. The third-order valence-electron chi connectivity index (χ3n) is 3.16. The minimum Gasteiger partial charge on any atom is -0.370 e. The Hall–Kier alpha value is -1.52. The Kier molecular flexibility index (Phi) is 3.66. The highest BCUT2D eigenvalue weighted by atomic mass is 15.3. The number of rotatable bonds is 2. The van der Waals surface area contributed by atoms with Gasteiger partial charge in [0.25, 0.3) is 0 Å². The van der Waals surface area contributed by atoms with Gasteiger partial charge in [0.15, 0.2) is 5.96 Å². The van der Waals surface area contributed by atoms with E-state index in [1.165, 1.54) is 12.8 Å². The van der Waals surface area contributed by atoms with Gasteiger partial charge in [-0.05, 0) is 18.8 Å². The lowest BCUT2D eigenvalue weighted by Gasteiger charge is -2.31. The highest BCUT2D eigenvalue weighted by Crippen LogP contribution is 2.15. The zero-order valence-electron chi connectivity index (χ0n) is 10.6. The molecule has 1 aliphatic rings. The van der Waals surface area contributed by atoms with Gasteiger partial charge in [-0.15, -0.1) is 0 Å². The lowest BCUT2D eigenvalue weighted by molar-refractivity contribution is 0.270. The van der Waals surface area contributed by atoms with Crippen molar-refractivity contribution in [1.82, 2.24) is 14.7 Å². The number of likely N-dealkylation sites (tertiary alicyclic amines) is 1. The normalized spacial score (nSPS) is 21.9. The maximum Gasteiger partial charge on any atom is 0.191 e. The second-order valence-corrected chi connectivity index (χ2v) is 4.89. The Bertz CT molecular complexity index is 395. The van der Waals surface area contributed by atoms with E-state index in [-0.39, 0.29) is 0 Å². The van der Waals surface area contributed by atoms with E-state index in [2.05, 4.69) is 21.9 Å². The third-order valence-corrected chi connectivity index (χ3v) is 3.16. The third kappa shape index (κ3) is 3.22. The molecule has 5 heteroatoms. The lowest BCUT2D eigenvalue weighted by atomic mass is 10.0. The molecule has 0 aliphatic carbocycles. The Morgan fingerprint density at radius 2 is 2.47 bits per heavy atom. The summed E-state index contributed by atoms with van der Waals surface area (Å²) in [4.78, 5) is 6.62. The number of aromatic nitrogens is 2. The molecule has 2 N–H and O–H groups in total. The van der Waals surface area contributed by atoms with Crippen molar-refractivity contribution >= 4 is 5.96 Å². The smallest absolute Gasteiger partial charge is 0.191 e. The van der Waals surface area contributed by atoms with E-state index >= 15 is 0 Å². The Balaban J connectivity index is 1.92. The van der Waals surface area contributed by atoms with Crippen LogP contribution < -0.4 is 5.73 Å². The van der Waals surface area contributed by atoms with Crippen LogP contribution in [0.15, 0.2) is 17.4 Å². The topological polar surface area (TPSA) is 59.4 Å². The van der Waals surface area contributed by atoms with Gasteiger partial charge in [0.1, 0.15) is 0 Å². The average molecular weight is 235 g/mol. The fraction of sp³-hybridized carbons (Fsp3) is 0.667. The summed E-state index contributed by atoms with van der Waals surface area (Å²) in [6, 6.07) is 0. The molecule has 2 rings (SSSR count). The number of aliphatic imine (C=N–C) groups is 1. The standard InChI is InChI=1S/C12H21N5/c1-10-4-3-5-17(8-10)12(13)14-6-11-7-15-16(2)9-11/h7,9-10H,3-6,8H2,1-2H3,(H2,13,14). The van der Waals surface area contributed by atoms with Crippen LogP contribution in [0.4, 0.5) is 0 Å². The Morgan fingerprint density at radius 1 is 1.65 bits per heavy atom. The van der Waals surface area contributed by atoms with Crippen molar-refractivity contribution in [2.45, 2.75) is 26.3 Å². The van der Waals surface area contributed by atoms with Crippen molar-refractivity contribution < 1.29 is 0 Å². The average Bonchev–Trinajstić information content (AvgIpc) is 2.72. The van der Waals surface area contributed by atoms with Gasteiger partial charge < -0.3 is 10.6 Å². The van der Waals surface area contributed by atoms with E-state index in [9.17, 15) is 0 Å². The molecule has 1 atom stereocenters. The monoisotopic (exact) mass is 235 g/mol. The maximum absolute atomic E-state index is 6.01. The van der Waals surface area contributed by atoms with Crippen LogP contribution in [0.25, 0.3) is 0 Å². The van der Waals surface area contributed by atoms with Gasteiger partial charge in [-0.1, -0.05) is 6.92 Å². The molecule has 1 saturated heterocycles. The second-order valence-electron chi connectivity index (χ2n) is 4.89. The van der Waals surface area contributed by atoms with Gasteiger partial charge in [-0.2, -0.15) is 5.10 Å². The van der Waals surface area contributed by atoms with Crippen LogP contribution in [-0.2, 0) is 13.6 Å². The molecule has 1 fully saturated rings. The summed E-state index contributed by atoms with van der Waals surface area (Å²) in [6.45, 7) is 4.94. The molecular weight excluding hydrogens is 214 g/mol. The van der Waals surface area contributed by atoms with Gasteiger partial charge in [-0.25, -0.2) is 4.99 Å². The lowest BCUT2D eigenvalue weighted by Crippen LogP contribution is -2.43. The number of nitrogens with two attached hydrogens (primary N) is 1. The van der Waals surface area contributed by atoms with E-state index in [1.54, 1.807) is 4.68 Å². The van der Waals surface area contributed by atoms with Crippen LogP contribution in [0.5, 0.6) is 0 Å². The van der Waals surface area contributed by atoms with Crippen molar-refractivity contribution in [2.75, 3.05) is 13.1 Å². The molecule has 0 amide bonds. The molecule has 94 valence electrons. The van der Waals surface area contributed by atoms with Gasteiger partial charge in [0.2, 0.25) is 0 Å². The molecule has 5 nitrogen and oxygen atoms in total. The van der Waals surface area contributed by atoms with Crippen LogP contribution in [0, 0.1) is 5.92 Å². The predicted octanol–water partition coefficient (Wildman–Crippen LogP) is 0.967. The summed E-state index contributed by atoms with van der Waals surface area (Å²) in [6.07, 6.45) is 6.31. The van der Waals surface area contributed by atoms with Crippen LogP contribution in [-0.4, -0.2) is 33.7 Å². The summed E-state index contributed by atoms with van der Waals surface area (Å²) in [7, 11) is 1.91. The molecule has 0 spiro atoms. The quantitative estimate of drug-likeness (QED) is 0.613. The first-order chi connectivity index (χ1) is 8.15. The van der Waals surface area contributed by atoms with Crippen LogP contribution in [0.1, 0.15) is 25.3 Å². The molecule has 1 unspecified atom stereocenters. The first-order valence-electron chi connectivity index (χ1n) is 6.17. The van der Waals surface area contributed by atoms with Crippen LogP contribution in [0.3, 0.4) is 0 Å². The van der Waals surface area contributed by atoms with E-state index < -0.39 is 0 Å². The molecule has 0 bridgehead atoms. The molecule has 0 aromatic carbocycles. The van der Waals surface area contributed by atoms with Crippen LogP contribution >= 0.6 is 0 Å². The second kappa shape index (κ2) is 5.21. The van der Waals surface area contributed by atoms with Crippen molar-refractivity contribution in [3.63, 3.8) is 0 Å². The van der Waals surface area contributed by atoms with E-state index in [0.29, 0.717) is 12.5 Å². The van der Waals surface area contributed by atoms with Crippen molar-refractivity contribution in [3.05, 3.63) is 18.0 Å². The number of hydrogen-bond acceptors (Lipinski definition) is 2. The van der Waals surface area contributed by atoms with Gasteiger partial charge >= 0.3 is 0 Å². The van der Waals surface area contributed by atoms with Crippen LogP contribution in [0.2, 0.25) is 0 Å². The number of nitrogens with zero attached hydrogens (tertiary/aromatic N) is 4. The molecule has 1 aliphatic heterocycles. The van der Waals surface area contributed by atoms with Crippen molar-refractivity contribution in [3.8, 4) is 0 Å². The molecular formula is C12H21N5. The Labute approximate surface area is 102 Å². The number of piperidine rings is 1. The fourth-order valence-corrected chi connectivity index (χ4v) is 2.22. The first kappa shape index (κ1) is 12.0. The number of guanidine groups is 1. The van der Waals surface area contributed by atoms with Gasteiger partial charge in [-0.3, -0.25) is 4.68 Å². The van der Waals surface area contributed by atoms with Crippen molar-refractivity contribution in [2.24, 2.45) is 23.7 Å². The van der Waals surface area contributed by atoms with E-state index in [4.69, 9.17) is 5.73 Å². The summed E-state index contributed by atoms with van der Waals surface area (Å²) in [5.74, 6) is 1.39. The molecule has 2 heterocycles. The molecule has 1 aromatic rings. The highest BCUT2D eigenvalue weighted by molar-refractivity contribution is 5.78. The summed E-state index contributed by atoms with van der Waals surface area (Å²) in [5, 5.41) is 4.11. The van der Waals surface area contributed by atoms with Gasteiger partial charge in [0.05, 0.1) is 12.7 Å². The molecule has 0 saturated carbocycles. The highest BCUT2D eigenvalue weighted by Gasteiger charge is 2.17. The molecule has 0 radical (unpaired) electrons. The zero-order valence-corrected chi connectivity index (χ0v) is 10.6. The minimum atomic E-state index is 0.616. The van der Waals surface area contributed by atoms with E-state index in [1.807, 2.05) is 19.4 Å². The summed E-state index contributed by atoms with van der Waals surface area (Å²) < 4.78 is 1.78.